The number of nitrogens with zero attached hydrogens (tertiary/aromatic N) is 1. The van der Waals surface area contributed by atoms with Gasteiger partial charge < -0.3 is 19.2 Å². The zero-order chi connectivity index (χ0) is 13.8. The summed E-state index contributed by atoms with van der Waals surface area (Å²) in [5, 5.41) is 0. The molecule has 0 saturated heterocycles. The first-order valence-electron chi connectivity index (χ1n) is 6.63. The number of ether oxygens (including phenoxy) is 2. The number of rotatable bonds is 5. The lowest BCUT2D eigenvalue weighted by Gasteiger charge is -2.26. The van der Waals surface area contributed by atoms with E-state index in [1.165, 1.54) is 0 Å². The van der Waals surface area contributed by atoms with Gasteiger partial charge in [-0.2, -0.15) is 0 Å². The largest absolute Gasteiger partial charge is 0.486 e. The molecule has 1 heterocycles. The minimum atomic E-state index is 0.222. The number of benzene rings is 1. The highest BCUT2D eigenvalue weighted by Gasteiger charge is 2.18. The van der Waals surface area contributed by atoms with Crippen molar-refractivity contribution < 1.29 is 14.3 Å². The van der Waals surface area contributed by atoms with Crippen LogP contribution >= 0.6 is 0 Å². The van der Waals surface area contributed by atoms with Gasteiger partial charge in [0, 0.05) is 12.5 Å². The summed E-state index contributed by atoms with van der Waals surface area (Å²) in [5.74, 6) is 1.84. The van der Waals surface area contributed by atoms with Crippen molar-refractivity contribution in [1.82, 2.24) is 4.90 Å². The fourth-order valence-electron chi connectivity index (χ4n) is 2.33. The maximum Gasteiger partial charge on any atom is 0.161 e. The van der Waals surface area contributed by atoms with E-state index in [0.29, 0.717) is 19.6 Å². The van der Waals surface area contributed by atoms with Gasteiger partial charge in [0.15, 0.2) is 11.5 Å². The van der Waals surface area contributed by atoms with Crippen molar-refractivity contribution in [2.45, 2.75) is 25.8 Å². The summed E-state index contributed by atoms with van der Waals surface area (Å²) in [5.41, 5.74) is 1.16. The van der Waals surface area contributed by atoms with E-state index < -0.39 is 0 Å². The third kappa shape index (κ3) is 3.47. The van der Waals surface area contributed by atoms with Gasteiger partial charge in [0.25, 0.3) is 0 Å². The number of Topliss-reactive ketones (excluding diaryl/α,β-unsaturated/α-hetero) is 1. The van der Waals surface area contributed by atoms with Crippen LogP contribution in [0.25, 0.3) is 0 Å². The van der Waals surface area contributed by atoms with Gasteiger partial charge in [0.05, 0.1) is 0 Å². The van der Waals surface area contributed by atoms with Crippen LogP contribution in [0.5, 0.6) is 11.5 Å². The van der Waals surface area contributed by atoms with Crippen LogP contribution < -0.4 is 9.47 Å². The molecule has 0 N–H and O–H groups in total. The molecule has 0 fully saturated rings. The minimum Gasteiger partial charge on any atom is -0.486 e. The van der Waals surface area contributed by atoms with Crippen molar-refractivity contribution in [3.8, 4) is 11.5 Å². The quantitative estimate of drug-likeness (QED) is 0.818. The SMILES string of the molecule is CC(=O)CCC(c1ccc2c(c1)OCCO2)N(C)C. The summed E-state index contributed by atoms with van der Waals surface area (Å²) in [6, 6.07) is 6.26. The van der Waals surface area contributed by atoms with Crippen LogP contribution in [0.15, 0.2) is 18.2 Å². The number of hydrogen-bond donors (Lipinski definition) is 0. The van der Waals surface area contributed by atoms with Crippen LogP contribution in [0.3, 0.4) is 0 Å². The summed E-state index contributed by atoms with van der Waals surface area (Å²) in [7, 11) is 4.06. The van der Waals surface area contributed by atoms with Gasteiger partial charge in [-0.05, 0) is 45.1 Å². The Balaban J connectivity index is 2.19. The second-order valence-electron chi connectivity index (χ2n) is 5.12. The number of carbonyl (C=O) groups is 1. The minimum absolute atomic E-state index is 0.222. The van der Waals surface area contributed by atoms with Crippen LogP contribution in [-0.4, -0.2) is 38.0 Å². The van der Waals surface area contributed by atoms with Crippen molar-refractivity contribution in [3.05, 3.63) is 23.8 Å². The molecule has 1 aliphatic heterocycles. The Kier molecular flexibility index (Phi) is 4.43. The first-order chi connectivity index (χ1) is 9.08. The van der Waals surface area contributed by atoms with E-state index in [-0.39, 0.29) is 11.8 Å². The summed E-state index contributed by atoms with van der Waals surface area (Å²) >= 11 is 0. The molecular formula is C15H21NO3. The lowest BCUT2D eigenvalue weighted by atomic mass is 9.99. The highest BCUT2D eigenvalue weighted by Crippen LogP contribution is 2.34. The Bertz CT molecular complexity index is 457. The highest BCUT2D eigenvalue weighted by molar-refractivity contribution is 5.75. The molecule has 0 aromatic heterocycles. The first-order valence-corrected chi connectivity index (χ1v) is 6.63. The fraction of sp³-hybridized carbons (Fsp3) is 0.533. The molecule has 19 heavy (non-hydrogen) atoms. The molecule has 0 saturated carbocycles. The van der Waals surface area contributed by atoms with Gasteiger partial charge in [-0.25, -0.2) is 0 Å². The Labute approximate surface area is 114 Å². The molecule has 0 amide bonds. The van der Waals surface area contributed by atoms with Gasteiger partial charge in [0.1, 0.15) is 19.0 Å². The molecule has 1 aromatic rings. The predicted molar refractivity (Wildman–Crippen MR) is 73.8 cm³/mol. The molecule has 1 atom stereocenters. The van der Waals surface area contributed by atoms with Crippen molar-refractivity contribution in [3.63, 3.8) is 0 Å². The number of fused-ring (bicyclic) bond motifs is 1. The van der Waals surface area contributed by atoms with Gasteiger partial charge in [-0.3, -0.25) is 0 Å². The molecule has 1 aliphatic rings. The summed E-state index contributed by atoms with van der Waals surface area (Å²) in [4.78, 5) is 13.3. The molecule has 2 rings (SSSR count). The Hall–Kier alpha value is -1.55. The van der Waals surface area contributed by atoms with Crippen molar-refractivity contribution in [2.24, 2.45) is 0 Å². The van der Waals surface area contributed by atoms with Gasteiger partial charge in [-0.1, -0.05) is 6.07 Å². The standard InChI is InChI=1S/C15H21NO3/c1-11(17)4-6-13(16(2)3)12-5-7-14-15(10-12)19-9-8-18-14/h5,7,10,13H,4,6,8-9H2,1-3H3. The van der Waals surface area contributed by atoms with Crippen molar-refractivity contribution >= 4 is 5.78 Å². The van der Waals surface area contributed by atoms with Crippen LogP contribution in [-0.2, 0) is 4.79 Å². The summed E-state index contributed by atoms with van der Waals surface area (Å²) in [6.45, 7) is 2.83. The second kappa shape index (κ2) is 6.06. The molecule has 4 heteroatoms. The molecule has 0 aliphatic carbocycles. The molecule has 0 radical (unpaired) electrons. The maximum atomic E-state index is 11.2. The number of hydrogen-bond acceptors (Lipinski definition) is 4. The molecule has 0 spiro atoms. The van der Waals surface area contributed by atoms with E-state index in [1.807, 2.05) is 26.2 Å². The van der Waals surface area contributed by atoms with Crippen LogP contribution in [0.1, 0.15) is 31.4 Å². The zero-order valence-corrected chi connectivity index (χ0v) is 11.8. The van der Waals surface area contributed by atoms with E-state index in [2.05, 4.69) is 11.0 Å². The lowest BCUT2D eigenvalue weighted by Crippen LogP contribution is -2.21. The third-order valence-corrected chi connectivity index (χ3v) is 3.34. The van der Waals surface area contributed by atoms with Crippen molar-refractivity contribution in [1.29, 1.82) is 0 Å². The lowest BCUT2D eigenvalue weighted by molar-refractivity contribution is -0.117. The molecule has 1 unspecified atom stereocenters. The topological polar surface area (TPSA) is 38.8 Å². The summed E-state index contributed by atoms with van der Waals surface area (Å²) in [6.07, 6.45) is 1.42. The van der Waals surface area contributed by atoms with Gasteiger partial charge in [-0.15, -0.1) is 0 Å². The maximum absolute atomic E-state index is 11.2. The molecular weight excluding hydrogens is 242 g/mol. The zero-order valence-electron chi connectivity index (χ0n) is 11.8. The molecule has 0 bridgehead atoms. The average Bonchev–Trinajstić information content (AvgIpc) is 2.38. The second-order valence-corrected chi connectivity index (χ2v) is 5.12. The monoisotopic (exact) mass is 263 g/mol. The molecule has 4 nitrogen and oxygen atoms in total. The van der Waals surface area contributed by atoms with E-state index in [0.717, 1.165) is 23.5 Å². The number of ketones is 1. The molecule has 1 aromatic carbocycles. The number of carbonyl (C=O) groups excluding carboxylic acids is 1. The van der Waals surface area contributed by atoms with Crippen LogP contribution in [0.4, 0.5) is 0 Å². The Morgan fingerprint density at radius 2 is 1.95 bits per heavy atom. The van der Waals surface area contributed by atoms with Crippen LogP contribution in [0, 0.1) is 0 Å². The van der Waals surface area contributed by atoms with E-state index in [4.69, 9.17) is 9.47 Å². The van der Waals surface area contributed by atoms with E-state index in [1.54, 1.807) is 6.92 Å². The average molecular weight is 263 g/mol. The first kappa shape index (κ1) is 13.9. The normalized spacial score (nSPS) is 15.4. The smallest absolute Gasteiger partial charge is 0.161 e. The Morgan fingerprint density at radius 1 is 1.26 bits per heavy atom. The Morgan fingerprint density at radius 3 is 2.58 bits per heavy atom. The fourth-order valence-corrected chi connectivity index (χ4v) is 2.33. The van der Waals surface area contributed by atoms with Gasteiger partial charge >= 0.3 is 0 Å². The van der Waals surface area contributed by atoms with Gasteiger partial charge in [0.2, 0.25) is 0 Å². The highest BCUT2D eigenvalue weighted by atomic mass is 16.6. The third-order valence-electron chi connectivity index (χ3n) is 3.34. The van der Waals surface area contributed by atoms with Crippen molar-refractivity contribution in [2.75, 3.05) is 27.3 Å². The molecule has 104 valence electrons. The predicted octanol–water partition coefficient (Wildman–Crippen LogP) is 2.43. The van der Waals surface area contributed by atoms with E-state index >= 15 is 0 Å². The van der Waals surface area contributed by atoms with Crippen LogP contribution in [0.2, 0.25) is 0 Å². The summed E-state index contributed by atoms with van der Waals surface area (Å²) < 4.78 is 11.1. The van der Waals surface area contributed by atoms with E-state index in [9.17, 15) is 4.79 Å².